The van der Waals surface area contributed by atoms with Crippen molar-refractivity contribution in [1.82, 2.24) is 15.1 Å². The first-order chi connectivity index (χ1) is 10.7. The van der Waals surface area contributed by atoms with Crippen molar-refractivity contribution in [1.29, 1.82) is 0 Å². The maximum absolute atomic E-state index is 5.39. The van der Waals surface area contributed by atoms with Crippen LogP contribution in [0.2, 0.25) is 0 Å². The zero-order valence-electron chi connectivity index (χ0n) is 12.6. The quantitative estimate of drug-likeness (QED) is 0.830. The fourth-order valence-electron chi connectivity index (χ4n) is 2.98. The first-order valence-electron chi connectivity index (χ1n) is 7.92. The molecule has 2 aliphatic rings. The van der Waals surface area contributed by atoms with E-state index in [1.807, 2.05) is 6.92 Å². The van der Waals surface area contributed by atoms with Crippen molar-refractivity contribution < 1.29 is 4.52 Å². The van der Waals surface area contributed by atoms with Crippen LogP contribution in [-0.2, 0) is 0 Å². The first-order valence-corrected chi connectivity index (χ1v) is 8.71. The van der Waals surface area contributed by atoms with Gasteiger partial charge in [-0.15, -0.1) is 0 Å². The highest BCUT2D eigenvalue weighted by Gasteiger charge is 2.32. The second kappa shape index (κ2) is 5.65. The Kier molecular flexibility index (Phi) is 3.64. The minimum Gasteiger partial charge on any atom is -0.357 e. The molecule has 116 valence electrons. The van der Waals surface area contributed by atoms with Gasteiger partial charge in [-0.05, 0) is 60.7 Å². The van der Waals surface area contributed by atoms with Gasteiger partial charge in [0, 0.05) is 29.4 Å². The number of pyridine rings is 1. The van der Waals surface area contributed by atoms with Crippen LogP contribution in [0, 0.1) is 6.92 Å². The Hall–Kier alpha value is -1.43. The van der Waals surface area contributed by atoms with Gasteiger partial charge in [-0.25, -0.2) is 4.98 Å². The lowest BCUT2D eigenvalue weighted by molar-refractivity contribution is 0.364. The molecule has 2 aromatic heterocycles. The largest absolute Gasteiger partial charge is 0.357 e. The van der Waals surface area contributed by atoms with E-state index in [1.165, 1.54) is 12.8 Å². The monoisotopic (exact) mass is 362 g/mol. The topological polar surface area (TPSA) is 55.1 Å². The van der Waals surface area contributed by atoms with Crippen LogP contribution in [0.3, 0.4) is 0 Å². The highest BCUT2D eigenvalue weighted by atomic mass is 79.9. The van der Waals surface area contributed by atoms with Gasteiger partial charge >= 0.3 is 0 Å². The molecule has 1 saturated carbocycles. The van der Waals surface area contributed by atoms with Crippen molar-refractivity contribution in [3.8, 4) is 0 Å². The van der Waals surface area contributed by atoms with E-state index < -0.39 is 0 Å². The van der Waals surface area contributed by atoms with E-state index in [0.29, 0.717) is 11.8 Å². The third kappa shape index (κ3) is 2.76. The number of anilines is 1. The van der Waals surface area contributed by atoms with E-state index >= 15 is 0 Å². The van der Waals surface area contributed by atoms with Crippen LogP contribution in [0.5, 0.6) is 0 Å². The smallest absolute Gasteiger partial charge is 0.229 e. The maximum atomic E-state index is 5.39. The van der Waals surface area contributed by atoms with Crippen molar-refractivity contribution >= 4 is 21.7 Å². The van der Waals surface area contributed by atoms with Gasteiger partial charge in [0.15, 0.2) is 5.82 Å². The third-order valence-electron chi connectivity index (χ3n) is 4.57. The molecule has 0 radical (unpaired) electrons. The van der Waals surface area contributed by atoms with Crippen LogP contribution >= 0.6 is 15.9 Å². The summed E-state index contributed by atoms with van der Waals surface area (Å²) < 4.78 is 6.45. The maximum Gasteiger partial charge on any atom is 0.229 e. The molecule has 0 aromatic carbocycles. The van der Waals surface area contributed by atoms with Gasteiger partial charge in [0.2, 0.25) is 5.89 Å². The van der Waals surface area contributed by atoms with Crippen LogP contribution in [0.1, 0.15) is 54.9 Å². The minimum atomic E-state index is 0.420. The number of rotatable bonds is 3. The van der Waals surface area contributed by atoms with Gasteiger partial charge < -0.3 is 9.42 Å². The molecule has 0 atom stereocenters. The van der Waals surface area contributed by atoms with E-state index in [-0.39, 0.29) is 0 Å². The van der Waals surface area contributed by atoms with E-state index in [9.17, 15) is 0 Å². The molecule has 1 saturated heterocycles. The molecule has 6 heteroatoms. The lowest BCUT2D eigenvalue weighted by Crippen LogP contribution is -2.33. The predicted molar refractivity (Wildman–Crippen MR) is 87.1 cm³/mol. The summed E-state index contributed by atoms with van der Waals surface area (Å²) in [6.07, 6.45) is 4.52. The Morgan fingerprint density at radius 1 is 1.09 bits per heavy atom. The molecule has 0 N–H and O–H groups in total. The summed E-state index contributed by atoms with van der Waals surface area (Å²) in [4.78, 5) is 11.6. The first kappa shape index (κ1) is 14.2. The van der Waals surface area contributed by atoms with Gasteiger partial charge in [-0.1, -0.05) is 5.16 Å². The standard InChI is InChI=1S/C16H19BrN4O/c1-10-13(17)4-5-14(18-10)21-8-6-11(7-9-21)15-19-16(22-20-15)12-2-3-12/h4-5,11-12H,2-3,6-9H2,1H3. The molecule has 1 aliphatic carbocycles. The Balaban J connectivity index is 1.41. The summed E-state index contributed by atoms with van der Waals surface area (Å²) in [7, 11) is 0. The number of halogens is 1. The highest BCUT2D eigenvalue weighted by Crippen LogP contribution is 2.40. The average Bonchev–Trinajstić information content (AvgIpc) is 3.28. The zero-order valence-corrected chi connectivity index (χ0v) is 14.2. The molecule has 2 fully saturated rings. The molecule has 5 nitrogen and oxygen atoms in total. The van der Waals surface area contributed by atoms with Crippen LogP contribution in [0.15, 0.2) is 21.1 Å². The number of hydrogen-bond acceptors (Lipinski definition) is 5. The van der Waals surface area contributed by atoms with Crippen molar-refractivity contribution in [2.24, 2.45) is 0 Å². The number of aromatic nitrogens is 3. The van der Waals surface area contributed by atoms with Crippen molar-refractivity contribution in [2.75, 3.05) is 18.0 Å². The average molecular weight is 363 g/mol. The Morgan fingerprint density at radius 2 is 1.86 bits per heavy atom. The molecule has 1 aliphatic heterocycles. The summed E-state index contributed by atoms with van der Waals surface area (Å²) in [5.74, 6) is 3.77. The van der Waals surface area contributed by atoms with Crippen LogP contribution in [-0.4, -0.2) is 28.2 Å². The van der Waals surface area contributed by atoms with E-state index in [4.69, 9.17) is 4.52 Å². The number of aryl methyl sites for hydroxylation is 1. The summed E-state index contributed by atoms with van der Waals surface area (Å²) in [5, 5.41) is 4.20. The normalized spacial score (nSPS) is 19.6. The van der Waals surface area contributed by atoms with Crippen molar-refractivity contribution in [3.05, 3.63) is 34.0 Å². The summed E-state index contributed by atoms with van der Waals surface area (Å²) in [6, 6.07) is 4.15. The second-order valence-electron chi connectivity index (χ2n) is 6.26. The highest BCUT2D eigenvalue weighted by molar-refractivity contribution is 9.10. The fourth-order valence-corrected chi connectivity index (χ4v) is 3.20. The minimum absolute atomic E-state index is 0.420. The van der Waals surface area contributed by atoms with Crippen LogP contribution < -0.4 is 4.90 Å². The van der Waals surface area contributed by atoms with Gasteiger partial charge in [0.1, 0.15) is 5.82 Å². The van der Waals surface area contributed by atoms with Gasteiger partial charge in [-0.2, -0.15) is 4.98 Å². The summed E-state index contributed by atoms with van der Waals surface area (Å²) in [6.45, 7) is 4.01. The third-order valence-corrected chi connectivity index (χ3v) is 5.41. The molecule has 4 rings (SSSR count). The van der Waals surface area contributed by atoms with Crippen molar-refractivity contribution in [2.45, 2.75) is 44.4 Å². The lowest BCUT2D eigenvalue weighted by atomic mass is 9.96. The molecular weight excluding hydrogens is 344 g/mol. The molecule has 3 heterocycles. The summed E-state index contributed by atoms with van der Waals surface area (Å²) >= 11 is 3.50. The Bertz CT molecular complexity index is 675. The predicted octanol–water partition coefficient (Wildman–Crippen LogP) is 3.80. The van der Waals surface area contributed by atoms with Gasteiger partial charge in [0.25, 0.3) is 0 Å². The second-order valence-corrected chi connectivity index (χ2v) is 7.12. The van der Waals surface area contributed by atoms with E-state index in [1.54, 1.807) is 0 Å². The van der Waals surface area contributed by atoms with Gasteiger partial charge in [0.05, 0.1) is 5.69 Å². The fraction of sp³-hybridized carbons (Fsp3) is 0.562. The number of nitrogens with zero attached hydrogens (tertiary/aromatic N) is 4. The van der Waals surface area contributed by atoms with Crippen LogP contribution in [0.4, 0.5) is 5.82 Å². The molecule has 2 aromatic rings. The SMILES string of the molecule is Cc1nc(N2CCC(c3noc(C4CC4)n3)CC2)ccc1Br. The van der Waals surface area contributed by atoms with Gasteiger partial charge in [-0.3, -0.25) is 0 Å². The molecule has 0 spiro atoms. The Labute approximate surface area is 138 Å². The molecule has 0 unspecified atom stereocenters. The summed E-state index contributed by atoms with van der Waals surface area (Å²) in [5.41, 5.74) is 1.03. The van der Waals surface area contributed by atoms with Crippen LogP contribution in [0.25, 0.3) is 0 Å². The molecular formula is C16H19BrN4O. The lowest BCUT2D eigenvalue weighted by Gasteiger charge is -2.31. The zero-order chi connectivity index (χ0) is 15.1. The van der Waals surface area contributed by atoms with E-state index in [2.05, 4.69) is 48.1 Å². The van der Waals surface area contributed by atoms with Crippen molar-refractivity contribution in [3.63, 3.8) is 0 Å². The molecule has 0 bridgehead atoms. The van der Waals surface area contributed by atoms with E-state index in [0.717, 1.165) is 53.6 Å². The number of hydrogen-bond donors (Lipinski definition) is 0. The Morgan fingerprint density at radius 3 is 2.55 bits per heavy atom. The molecule has 0 amide bonds. The molecule has 22 heavy (non-hydrogen) atoms. The number of piperidine rings is 1.